The monoisotopic (exact) mass is 406 g/mol. The molecule has 3 aliphatic rings. The molecule has 0 aromatic rings. The second-order valence-electron chi connectivity index (χ2n) is 8.18. The van der Waals surface area contributed by atoms with E-state index >= 15 is 0 Å². The van der Waals surface area contributed by atoms with Crippen molar-refractivity contribution in [1.29, 1.82) is 0 Å². The van der Waals surface area contributed by atoms with Crippen molar-refractivity contribution in [1.82, 2.24) is 0 Å². The first-order chi connectivity index (χ1) is 13.1. The lowest BCUT2D eigenvalue weighted by molar-refractivity contribution is -0.334. The number of aliphatic hydroxyl groups is 3. The minimum absolute atomic E-state index is 0.158. The molecule has 4 unspecified atom stereocenters. The van der Waals surface area contributed by atoms with Crippen LogP contribution in [0, 0.1) is 11.8 Å². The van der Waals surface area contributed by atoms with Crippen LogP contribution in [-0.4, -0.2) is 94.4 Å². The largest absolute Gasteiger partial charge is 0.479 e. The number of aliphatic carboxylic acids is 1. The molecule has 10 heteroatoms. The zero-order chi connectivity index (χ0) is 20.7. The molecule has 3 aliphatic heterocycles. The van der Waals surface area contributed by atoms with Gasteiger partial charge in [-0.3, -0.25) is 0 Å². The third-order valence-electron chi connectivity index (χ3n) is 5.44. The Morgan fingerprint density at radius 1 is 1.00 bits per heavy atom. The van der Waals surface area contributed by atoms with Crippen molar-refractivity contribution in [3.8, 4) is 0 Å². The van der Waals surface area contributed by atoms with Crippen molar-refractivity contribution in [3.63, 3.8) is 0 Å². The number of ether oxygens (including phenoxy) is 5. The van der Waals surface area contributed by atoms with Gasteiger partial charge < -0.3 is 44.1 Å². The van der Waals surface area contributed by atoms with Gasteiger partial charge in [0, 0.05) is 5.92 Å². The molecule has 4 N–H and O–H groups in total. The van der Waals surface area contributed by atoms with E-state index in [1.54, 1.807) is 13.8 Å². The summed E-state index contributed by atoms with van der Waals surface area (Å²) in [5.41, 5.74) is 0. The molecule has 0 amide bonds. The van der Waals surface area contributed by atoms with Crippen LogP contribution >= 0.6 is 0 Å². The van der Waals surface area contributed by atoms with E-state index < -0.39 is 67.2 Å². The smallest absolute Gasteiger partial charge is 0.335 e. The number of rotatable bonds is 6. The minimum atomic E-state index is -1.54. The fourth-order valence-corrected chi connectivity index (χ4v) is 4.12. The van der Waals surface area contributed by atoms with E-state index in [2.05, 4.69) is 0 Å². The van der Waals surface area contributed by atoms with Crippen LogP contribution in [-0.2, 0) is 28.5 Å². The molecule has 3 heterocycles. The zero-order valence-corrected chi connectivity index (χ0v) is 16.4. The molecule has 0 radical (unpaired) electrons. The quantitative estimate of drug-likeness (QED) is 0.437. The Morgan fingerprint density at radius 2 is 1.68 bits per heavy atom. The predicted octanol–water partition coefficient (Wildman–Crippen LogP) is -0.915. The molecule has 28 heavy (non-hydrogen) atoms. The van der Waals surface area contributed by atoms with Gasteiger partial charge in [0.15, 0.2) is 18.7 Å². The maximum atomic E-state index is 11.5. The van der Waals surface area contributed by atoms with Gasteiger partial charge in [0.05, 0.1) is 18.8 Å². The number of hydrogen-bond donors (Lipinski definition) is 4. The molecule has 162 valence electrons. The summed E-state index contributed by atoms with van der Waals surface area (Å²) in [6.07, 6.45) is -9.75. The van der Waals surface area contributed by atoms with Gasteiger partial charge in [0.2, 0.25) is 0 Å². The van der Waals surface area contributed by atoms with Gasteiger partial charge in [-0.25, -0.2) is 4.79 Å². The molecule has 3 saturated heterocycles. The van der Waals surface area contributed by atoms with Crippen molar-refractivity contribution in [3.05, 3.63) is 0 Å². The van der Waals surface area contributed by atoms with Gasteiger partial charge >= 0.3 is 5.97 Å². The van der Waals surface area contributed by atoms with Crippen LogP contribution in [0.1, 0.15) is 27.7 Å². The molecule has 10 nitrogen and oxygen atoms in total. The van der Waals surface area contributed by atoms with Crippen molar-refractivity contribution in [2.24, 2.45) is 11.8 Å². The van der Waals surface area contributed by atoms with E-state index in [0.717, 1.165) is 0 Å². The number of carboxylic acid groups (broad SMARTS) is 1. The lowest BCUT2D eigenvalue weighted by Crippen LogP contribution is -2.62. The molecular weight excluding hydrogens is 376 g/mol. The Kier molecular flexibility index (Phi) is 6.62. The second-order valence-corrected chi connectivity index (χ2v) is 8.18. The number of carboxylic acids is 1. The first-order valence-electron chi connectivity index (χ1n) is 9.62. The highest BCUT2D eigenvalue weighted by molar-refractivity contribution is 5.73. The number of aliphatic hydroxyl groups excluding tert-OH is 3. The Labute approximate surface area is 163 Å². The van der Waals surface area contributed by atoms with E-state index in [1.165, 1.54) is 0 Å². The molecule has 3 rings (SSSR count). The average Bonchev–Trinajstić information content (AvgIpc) is 2.89. The summed E-state index contributed by atoms with van der Waals surface area (Å²) < 4.78 is 28.1. The van der Waals surface area contributed by atoms with Gasteiger partial charge in [0.1, 0.15) is 30.5 Å². The van der Waals surface area contributed by atoms with Crippen LogP contribution < -0.4 is 0 Å². The third kappa shape index (κ3) is 4.05. The van der Waals surface area contributed by atoms with Crippen molar-refractivity contribution in [2.75, 3.05) is 6.61 Å². The maximum Gasteiger partial charge on any atom is 0.335 e. The van der Waals surface area contributed by atoms with E-state index in [0.29, 0.717) is 0 Å². The minimum Gasteiger partial charge on any atom is -0.479 e. The Hall–Kier alpha value is -0.850. The van der Waals surface area contributed by atoms with Gasteiger partial charge in [-0.15, -0.1) is 0 Å². The normalized spacial score (nSPS) is 46.3. The topological polar surface area (TPSA) is 144 Å². The molecular formula is C18H30O10. The Bertz CT molecular complexity index is 554. The SMILES string of the molecule is CC(C)O[C@@H]1O[C@@H]2COC(C1O)[C@@H]2O[C@@H]1OC(C(=O)O)[C@H](O)[C@H](C(C)C)C1O. The standard InChI is InChI=1S/C18H30O10/c1-6(2)9-10(19)15(16(22)23)28-17(11(9)20)27-13-8-5-24-14(13)12(21)18(26-8)25-7(3)4/h6-15,17-21H,5H2,1-4H3,(H,22,23)/t8-,9+,10-,11?,12?,13-,14?,15?,17-,18-/m1/s1. The van der Waals surface area contributed by atoms with E-state index in [4.69, 9.17) is 23.7 Å². The van der Waals surface area contributed by atoms with Crippen LogP contribution in [0.5, 0.6) is 0 Å². The summed E-state index contributed by atoms with van der Waals surface area (Å²) in [4.78, 5) is 11.5. The van der Waals surface area contributed by atoms with E-state index in [1.807, 2.05) is 13.8 Å². The highest BCUT2D eigenvalue weighted by Crippen LogP contribution is 2.37. The summed E-state index contributed by atoms with van der Waals surface area (Å²) in [5, 5.41) is 40.8. The van der Waals surface area contributed by atoms with Crippen molar-refractivity contribution >= 4 is 5.97 Å². The first-order valence-corrected chi connectivity index (χ1v) is 9.62. The van der Waals surface area contributed by atoms with Crippen LogP contribution in [0.25, 0.3) is 0 Å². The molecule has 0 aliphatic carbocycles. The zero-order valence-electron chi connectivity index (χ0n) is 16.4. The van der Waals surface area contributed by atoms with Crippen molar-refractivity contribution in [2.45, 2.75) is 89.1 Å². The summed E-state index contributed by atoms with van der Waals surface area (Å²) in [5.74, 6) is -2.32. The molecule has 0 aromatic heterocycles. The van der Waals surface area contributed by atoms with Crippen molar-refractivity contribution < 1.29 is 48.9 Å². The highest BCUT2D eigenvalue weighted by atomic mass is 16.8. The van der Waals surface area contributed by atoms with Gasteiger partial charge in [-0.05, 0) is 19.8 Å². The number of carbonyl (C=O) groups is 1. The highest BCUT2D eigenvalue weighted by Gasteiger charge is 2.56. The van der Waals surface area contributed by atoms with E-state index in [9.17, 15) is 25.2 Å². The maximum absolute atomic E-state index is 11.5. The second kappa shape index (κ2) is 8.49. The summed E-state index contributed by atoms with van der Waals surface area (Å²) >= 11 is 0. The predicted molar refractivity (Wildman–Crippen MR) is 92.1 cm³/mol. The van der Waals surface area contributed by atoms with Gasteiger partial charge in [-0.2, -0.15) is 0 Å². The summed E-state index contributed by atoms with van der Waals surface area (Å²) in [7, 11) is 0. The first kappa shape index (κ1) is 21.8. The lowest BCUT2D eigenvalue weighted by Gasteiger charge is -2.45. The molecule has 0 saturated carbocycles. The fourth-order valence-electron chi connectivity index (χ4n) is 4.12. The Morgan fingerprint density at radius 3 is 2.25 bits per heavy atom. The molecule has 3 fully saturated rings. The molecule has 0 aromatic carbocycles. The van der Waals surface area contributed by atoms with Crippen LogP contribution in [0.3, 0.4) is 0 Å². The Balaban J connectivity index is 1.74. The summed E-state index contributed by atoms with van der Waals surface area (Å²) in [6, 6.07) is 0. The summed E-state index contributed by atoms with van der Waals surface area (Å²) in [6.45, 7) is 7.33. The third-order valence-corrected chi connectivity index (χ3v) is 5.44. The molecule has 0 spiro atoms. The van der Waals surface area contributed by atoms with Crippen LogP contribution in [0.4, 0.5) is 0 Å². The number of fused-ring (bicyclic) bond motifs is 2. The van der Waals surface area contributed by atoms with Crippen LogP contribution in [0.2, 0.25) is 0 Å². The fraction of sp³-hybridized carbons (Fsp3) is 0.944. The van der Waals surface area contributed by atoms with Gasteiger partial charge in [0.25, 0.3) is 0 Å². The van der Waals surface area contributed by atoms with E-state index in [-0.39, 0.29) is 18.6 Å². The lowest BCUT2D eigenvalue weighted by atomic mass is 9.80. The number of hydrogen-bond acceptors (Lipinski definition) is 9. The average molecular weight is 406 g/mol. The van der Waals surface area contributed by atoms with Gasteiger partial charge in [-0.1, -0.05) is 13.8 Å². The molecule has 10 atom stereocenters. The van der Waals surface area contributed by atoms with Crippen LogP contribution in [0.15, 0.2) is 0 Å². The molecule has 2 bridgehead atoms.